The number of rotatable bonds is 3. The van der Waals surface area contributed by atoms with Crippen molar-refractivity contribution in [2.75, 3.05) is 0 Å². The number of carbonyl (C=O) groups excluding carboxylic acids is 2. The standard InChI is InChI=1S/C13H12O3/c14-12-9-11(13(15)16-12)8-4-7-10-5-2-1-3-6-10/h1-7,11H,8-9H2/b7-4-/t11-/m0/s1. The van der Waals surface area contributed by atoms with Gasteiger partial charge in [0.2, 0.25) is 0 Å². The zero-order valence-corrected chi connectivity index (χ0v) is 8.76. The third kappa shape index (κ3) is 2.57. The van der Waals surface area contributed by atoms with E-state index in [-0.39, 0.29) is 12.3 Å². The van der Waals surface area contributed by atoms with Gasteiger partial charge < -0.3 is 4.74 Å². The van der Waals surface area contributed by atoms with Crippen LogP contribution in [0.15, 0.2) is 36.4 Å². The van der Waals surface area contributed by atoms with Crippen molar-refractivity contribution in [1.82, 2.24) is 0 Å². The van der Waals surface area contributed by atoms with Crippen molar-refractivity contribution in [3.05, 3.63) is 42.0 Å². The van der Waals surface area contributed by atoms with Gasteiger partial charge in [0, 0.05) is 0 Å². The molecular weight excluding hydrogens is 204 g/mol. The molecule has 1 aromatic rings. The van der Waals surface area contributed by atoms with Crippen molar-refractivity contribution in [2.24, 2.45) is 5.92 Å². The number of cyclic esters (lactones) is 2. The van der Waals surface area contributed by atoms with Crippen LogP contribution in [0.1, 0.15) is 18.4 Å². The first kappa shape index (κ1) is 10.6. The zero-order valence-electron chi connectivity index (χ0n) is 8.76. The molecule has 2 rings (SSSR count). The van der Waals surface area contributed by atoms with Crippen molar-refractivity contribution in [2.45, 2.75) is 12.8 Å². The summed E-state index contributed by atoms with van der Waals surface area (Å²) in [7, 11) is 0. The van der Waals surface area contributed by atoms with Gasteiger partial charge in [-0.15, -0.1) is 0 Å². The fourth-order valence-corrected chi connectivity index (χ4v) is 1.63. The Morgan fingerprint density at radius 2 is 2.00 bits per heavy atom. The minimum atomic E-state index is -0.414. The van der Waals surface area contributed by atoms with Crippen LogP contribution in [-0.2, 0) is 14.3 Å². The summed E-state index contributed by atoms with van der Waals surface area (Å²) in [5.74, 6) is -1.11. The van der Waals surface area contributed by atoms with E-state index in [4.69, 9.17) is 0 Å². The largest absolute Gasteiger partial charge is 0.393 e. The van der Waals surface area contributed by atoms with Gasteiger partial charge in [0.1, 0.15) is 0 Å². The highest BCUT2D eigenvalue weighted by atomic mass is 16.6. The molecular formula is C13H12O3. The molecule has 0 aromatic heterocycles. The highest BCUT2D eigenvalue weighted by molar-refractivity contribution is 5.94. The molecule has 1 aromatic carbocycles. The lowest BCUT2D eigenvalue weighted by Crippen LogP contribution is -2.05. The molecule has 0 amide bonds. The molecule has 1 aliphatic rings. The van der Waals surface area contributed by atoms with Crippen molar-refractivity contribution in [1.29, 1.82) is 0 Å². The number of carbonyl (C=O) groups is 2. The number of esters is 2. The molecule has 0 aliphatic carbocycles. The van der Waals surface area contributed by atoms with Gasteiger partial charge in [-0.05, 0) is 12.0 Å². The Hall–Kier alpha value is -1.90. The van der Waals surface area contributed by atoms with E-state index in [0.717, 1.165) is 5.56 Å². The van der Waals surface area contributed by atoms with Gasteiger partial charge in [-0.25, -0.2) is 0 Å². The summed E-state index contributed by atoms with van der Waals surface area (Å²) in [5, 5.41) is 0. The van der Waals surface area contributed by atoms with Crippen molar-refractivity contribution in [3.8, 4) is 0 Å². The number of hydrogen-bond acceptors (Lipinski definition) is 3. The topological polar surface area (TPSA) is 43.4 Å². The lowest BCUT2D eigenvalue weighted by Gasteiger charge is -1.98. The first-order valence-corrected chi connectivity index (χ1v) is 5.22. The second-order valence-corrected chi connectivity index (χ2v) is 3.74. The molecule has 1 aliphatic heterocycles. The smallest absolute Gasteiger partial charge is 0.317 e. The second kappa shape index (κ2) is 4.75. The number of hydrogen-bond donors (Lipinski definition) is 0. The van der Waals surface area contributed by atoms with E-state index in [1.165, 1.54) is 0 Å². The fraction of sp³-hybridized carbons (Fsp3) is 0.231. The summed E-state index contributed by atoms with van der Waals surface area (Å²) in [5.41, 5.74) is 1.08. The van der Waals surface area contributed by atoms with Crippen LogP contribution in [0.5, 0.6) is 0 Å². The van der Waals surface area contributed by atoms with Gasteiger partial charge in [-0.2, -0.15) is 0 Å². The molecule has 1 heterocycles. The number of allylic oxidation sites excluding steroid dienone is 1. The molecule has 0 spiro atoms. The summed E-state index contributed by atoms with van der Waals surface area (Å²) < 4.78 is 4.46. The highest BCUT2D eigenvalue weighted by Gasteiger charge is 2.31. The predicted octanol–water partition coefficient (Wildman–Crippen LogP) is 2.18. The van der Waals surface area contributed by atoms with Crippen molar-refractivity contribution >= 4 is 18.0 Å². The molecule has 0 N–H and O–H groups in total. The average molecular weight is 216 g/mol. The Morgan fingerprint density at radius 3 is 2.62 bits per heavy atom. The van der Waals surface area contributed by atoms with E-state index >= 15 is 0 Å². The van der Waals surface area contributed by atoms with Gasteiger partial charge in [0.25, 0.3) is 0 Å². The summed E-state index contributed by atoms with van der Waals surface area (Å²) in [6.45, 7) is 0. The molecule has 0 saturated carbocycles. The summed E-state index contributed by atoms with van der Waals surface area (Å²) in [6.07, 6.45) is 4.60. The Balaban J connectivity index is 1.90. The molecule has 1 atom stereocenters. The predicted molar refractivity (Wildman–Crippen MR) is 59.3 cm³/mol. The average Bonchev–Trinajstić information content (AvgIpc) is 2.59. The Labute approximate surface area is 93.7 Å². The summed E-state index contributed by atoms with van der Waals surface area (Å²) >= 11 is 0. The number of ether oxygens (including phenoxy) is 1. The van der Waals surface area contributed by atoms with Crippen molar-refractivity contribution in [3.63, 3.8) is 0 Å². The van der Waals surface area contributed by atoms with E-state index < -0.39 is 11.9 Å². The summed E-state index contributed by atoms with van der Waals surface area (Å²) in [6, 6.07) is 9.81. The lowest BCUT2D eigenvalue weighted by molar-refractivity contribution is -0.153. The molecule has 3 heteroatoms. The third-order valence-corrected chi connectivity index (χ3v) is 2.49. The van der Waals surface area contributed by atoms with Gasteiger partial charge in [-0.3, -0.25) is 9.59 Å². The minimum absolute atomic E-state index is 0.206. The van der Waals surface area contributed by atoms with Crippen LogP contribution in [0.2, 0.25) is 0 Å². The van der Waals surface area contributed by atoms with E-state index in [1.807, 2.05) is 42.5 Å². The zero-order chi connectivity index (χ0) is 11.4. The van der Waals surface area contributed by atoms with E-state index in [1.54, 1.807) is 0 Å². The summed E-state index contributed by atoms with van der Waals surface area (Å²) in [4.78, 5) is 22.0. The van der Waals surface area contributed by atoms with Crippen LogP contribution >= 0.6 is 0 Å². The van der Waals surface area contributed by atoms with Gasteiger partial charge in [0.05, 0.1) is 12.3 Å². The van der Waals surface area contributed by atoms with Gasteiger partial charge in [-0.1, -0.05) is 42.5 Å². The van der Waals surface area contributed by atoms with Gasteiger partial charge >= 0.3 is 11.9 Å². The van der Waals surface area contributed by atoms with E-state index in [0.29, 0.717) is 6.42 Å². The molecule has 0 radical (unpaired) electrons. The molecule has 3 nitrogen and oxygen atoms in total. The number of benzene rings is 1. The molecule has 1 saturated heterocycles. The fourth-order valence-electron chi connectivity index (χ4n) is 1.63. The van der Waals surface area contributed by atoms with Crippen LogP contribution in [0.3, 0.4) is 0 Å². The quantitative estimate of drug-likeness (QED) is 0.574. The van der Waals surface area contributed by atoms with Crippen LogP contribution in [0.25, 0.3) is 6.08 Å². The van der Waals surface area contributed by atoms with Crippen LogP contribution < -0.4 is 0 Å². The maximum Gasteiger partial charge on any atom is 0.317 e. The molecule has 1 fully saturated rings. The van der Waals surface area contributed by atoms with Crippen LogP contribution in [0.4, 0.5) is 0 Å². The first-order chi connectivity index (χ1) is 7.75. The van der Waals surface area contributed by atoms with Gasteiger partial charge in [0.15, 0.2) is 0 Å². The molecule has 82 valence electrons. The Morgan fingerprint density at radius 1 is 1.25 bits per heavy atom. The Bertz CT molecular complexity index is 420. The lowest BCUT2D eigenvalue weighted by atomic mass is 10.0. The van der Waals surface area contributed by atoms with Crippen LogP contribution in [-0.4, -0.2) is 11.9 Å². The first-order valence-electron chi connectivity index (χ1n) is 5.22. The minimum Gasteiger partial charge on any atom is -0.393 e. The monoisotopic (exact) mass is 216 g/mol. The SMILES string of the molecule is O=C1C[C@H](C/C=C\c2ccccc2)C(=O)O1. The molecule has 0 bridgehead atoms. The maximum absolute atomic E-state index is 11.2. The third-order valence-electron chi connectivity index (χ3n) is 2.49. The normalized spacial score (nSPS) is 20.4. The molecule has 16 heavy (non-hydrogen) atoms. The molecule has 0 unspecified atom stereocenters. The Kier molecular flexibility index (Phi) is 3.15. The van der Waals surface area contributed by atoms with E-state index in [9.17, 15) is 9.59 Å². The van der Waals surface area contributed by atoms with Crippen LogP contribution in [0, 0.1) is 5.92 Å². The van der Waals surface area contributed by atoms with E-state index in [2.05, 4.69) is 4.74 Å². The highest BCUT2D eigenvalue weighted by Crippen LogP contribution is 2.20. The van der Waals surface area contributed by atoms with Crippen molar-refractivity contribution < 1.29 is 14.3 Å². The maximum atomic E-state index is 11.2. The second-order valence-electron chi connectivity index (χ2n) is 3.74.